The number of hydrogen-bond acceptors (Lipinski definition) is 2. The van der Waals surface area contributed by atoms with Crippen molar-refractivity contribution in [3.8, 4) is 0 Å². The van der Waals surface area contributed by atoms with Crippen molar-refractivity contribution in [2.24, 2.45) is 0 Å². The zero-order chi connectivity index (χ0) is 10.7. The Morgan fingerprint density at radius 3 is 2.64 bits per heavy atom. The minimum Gasteiger partial charge on any atom is -0.464 e. The first-order valence-electron chi connectivity index (χ1n) is 3.92. The molecule has 0 fully saturated rings. The summed E-state index contributed by atoms with van der Waals surface area (Å²) in [6.45, 7) is 0. The Balaban J connectivity index is 3.01. The van der Waals surface area contributed by atoms with Gasteiger partial charge in [-0.3, -0.25) is 0 Å². The molecule has 3 N–H and O–H groups in total. The van der Waals surface area contributed by atoms with Gasteiger partial charge in [-0.05, 0) is 18.2 Å². The summed E-state index contributed by atoms with van der Waals surface area (Å²) < 4.78 is 4.56. The maximum atomic E-state index is 11.2. The van der Waals surface area contributed by atoms with Gasteiger partial charge in [0.25, 0.3) is 0 Å². The van der Waals surface area contributed by atoms with E-state index < -0.39 is 12.0 Å². The average molecular weight is 235 g/mol. The molecule has 0 radical (unpaired) electrons. The van der Waals surface area contributed by atoms with Crippen molar-refractivity contribution < 1.29 is 15.3 Å². The fraction of sp³-hybridized carbons (Fsp3) is 0.222. The molecule has 14 heavy (non-hydrogen) atoms. The van der Waals surface area contributed by atoms with E-state index in [2.05, 4.69) is 10.5 Å². The van der Waals surface area contributed by atoms with Crippen LogP contribution in [0.25, 0.3) is 0 Å². The van der Waals surface area contributed by atoms with Crippen molar-refractivity contribution in [2.75, 3.05) is 7.11 Å². The molecule has 0 aliphatic heterocycles. The molecule has 1 rings (SSSR count). The largest absolute Gasteiger partial charge is 0.464 e. The predicted molar refractivity (Wildman–Crippen MR) is 54.1 cm³/mol. The Morgan fingerprint density at radius 2 is 2.14 bits per heavy atom. The smallest absolute Gasteiger partial charge is 0.369 e. The van der Waals surface area contributed by atoms with Crippen molar-refractivity contribution in [3.05, 3.63) is 33.8 Å². The highest BCUT2D eigenvalue weighted by Crippen LogP contribution is 2.24. The van der Waals surface area contributed by atoms with Crippen LogP contribution in [0.1, 0.15) is 11.6 Å². The number of carbonyl (C=O) groups excluding carboxylic acids is 1. The van der Waals surface area contributed by atoms with Crippen LogP contribution in [0.2, 0.25) is 10.0 Å². The molecular weight excluding hydrogens is 225 g/mol. The van der Waals surface area contributed by atoms with Crippen molar-refractivity contribution in [1.29, 1.82) is 0 Å². The summed E-state index contributed by atoms with van der Waals surface area (Å²) in [5.41, 5.74) is 4.28. The van der Waals surface area contributed by atoms with Crippen LogP contribution in [0, 0.1) is 0 Å². The quantitative estimate of drug-likeness (QED) is 0.788. The molecule has 0 saturated carbocycles. The lowest BCUT2D eigenvalue weighted by atomic mass is 10.1. The van der Waals surface area contributed by atoms with E-state index in [1.54, 1.807) is 18.2 Å². The number of halogens is 2. The third kappa shape index (κ3) is 2.38. The van der Waals surface area contributed by atoms with Gasteiger partial charge in [0.2, 0.25) is 6.04 Å². The van der Waals surface area contributed by atoms with Crippen LogP contribution >= 0.6 is 23.2 Å². The number of esters is 1. The highest BCUT2D eigenvalue weighted by atomic mass is 35.5. The molecule has 76 valence electrons. The molecule has 0 unspecified atom stereocenters. The van der Waals surface area contributed by atoms with E-state index in [9.17, 15) is 4.79 Å². The van der Waals surface area contributed by atoms with Crippen molar-refractivity contribution in [2.45, 2.75) is 6.04 Å². The van der Waals surface area contributed by atoms with E-state index in [1.807, 2.05) is 0 Å². The van der Waals surface area contributed by atoms with Crippen LogP contribution in [0.15, 0.2) is 18.2 Å². The number of carbonyl (C=O) groups is 1. The zero-order valence-electron chi connectivity index (χ0n) is 7.59. The first-order valence-corrected chi connectivity index (χ1v) is 4.67. The second kappa shape index (κ2) is 4.64. The fourth-order valence-corrected chi connectivity index (χ4v) is 1.59. The molecule has 3 nitrogen and oxygen atoms in total. The van der Waals surface area contributed by atoms with E-state index in [1.165, 1.54) is 7.11 Å². The third-order valence-electron chi connectivity index (χ3n) is 1.82. The van der Waals surface area contributed by atoms with Crippen molar-refractivity contribution in [3.63, 3.8) is 0 Å². The number of quaternary nitrogens is 1. The summed E-state index contributed by atoms with van der Waals surface area (Å²) in [7, 11) is 1.31. The van der Waals surface area contributed by atoms with E-state index in [0.717, 1.165) is 0 Å². The second-order valence-electron chi connectivity index (χ2n) is 2.74. The monoisotopic (exact) mass is 234 g/mol. The van der Waals surface area contributed by atoms with Crippen molar-refractivity contribution >= 4 is 29.2 Å². The predicted octanol–water partition coefficient (Wildman–Crippen LogP) is 1.45. The van der Waals surface area contributed by atoms with Crippen LogP contribution in [0.5, 0.6) is 0 Å². The summed E-state index contributed by atoms with van der Waals surface area (Å²) in [5, 5.41) is 0.943. The van der Waals surface area contributed by atoms with Crippen LogP contribution < -0.4 is 5.73 Å². The van der Waals surface area contributed by atoms with Crippen LogP contribution in [-0.4, -0.2) is 13.1 Å². The van der Waals surface area contributed by atoms with Gasteiger partial charge in [-0.25, -0.2) is 4.79 Å². The molecule has 0 aliphatic carbocycles. The number of ether oxygens (including phenoxy) is 1. The molecule has 0 amide bonds. The average Bonchev–Trinajstić information content (AvgIpc) is 2.15. The molecule has 0 spiro atoms. The number of hydrogen-bond donors (Lipinski definition) is 1. The molecule has 0 aliphatic rings. The molecule has 5 heteroatoms. The van der Waals surface area contributed by atoms with E-state index in [-0.39, 0.29) is 0 Å². The second-order valence-corrected chi connectivity index (χ2v) is 3.59. The standard InChI is InChI=1S/C9H9Cl2NO2/c1-14-9(13)8(12)6-3-2-5(10)4-7(6)11/h2-4,8H,12H2,1H3/p+1/t8-/m1/s1. The summed E-state index contributed by atoms with van der Waals surface area (Å²) in [5.74, 6) is -0.422. The molecule has 0 bridgehead atoms. The van der Waals surface area contributed by atoms with Gasteiger partial charge in [-0.1, -0.05) is 23.2 Å². The Bertz CT molecular complexity index is 355. The fourth-order valence-electron chi connectivity index (χ4n) is 1.05. The first kappa shape index (κ1) is 11.3. The molecule has 0 aromatic heterocycles. The number of rotatable bonds is 2. The van der Waals surface area contributed by atoms with Gasteiger partial charge in [-0.2, -0.15) is 0 Å². The molecular formula is C9H10Cl2NO2+. The molecule has 1 atom stereocenters. The normalized spacial score (nSPS) is 12.3. The van der Waals surface area contributed by atoms with Crippen molar-refractivity contribution in [1.82, 2.24) is 0 Å². The molecule has 0 heterocycles. The highest BCUT2D eigenvalue weighted by Gasteiger charge is 2.22. The lowest BCUT2D eigenvalue weighted by Gasteiger charge is -2.08. The van der Waals surface area contributed by atoms with Gasteiger partial charge in [-0.15, -0.1) is 0 Å². The summed E-state index contributed by atoms with van der Waals surface area (Å²) in [6.07, 6.45) is 0. The van der Waals surface area contributed by atoms with Crippen LogP contribution in [-0.2, 0) is 9.53 Å². The highest BCUT2D eigenvalue weighted by molar-refractivity contribution is 6.35. The Labute approximate surface area is 91.7 Å². The topological polar surface area (TPSA) is 53.9 Å². The Hall–Kier alpha value is -0.770. The minimum absolute atomic E-state index is 0.419. The molecule has 1 aromatic rings. The van der Waals surface area contributed by atoms with Gasteiger partial charge < -0.3 is 10.5 Å². The van der Waals surface area contributed by atoms with Gasteiger partial charge in [0.15, 0.2) is 0 Å². The van der Waals surface area contributed by atoms with Gasteiger partial charge in [0.05, 0.1) is 12.1 Å². The van der Waals surface area contributed by atoms with E-state index in [0.29, 0.717) is 15.6 Å². The Kier molecular flexibility index (Phi) is 3.75. The lowest BCUT2D eigenvalue weighted by Crippen LogP contribution is -2.57. The van der Waals surface area contributed by atoms with Gasteiger partial charge in [0.1, 0.15) is 0 Å². The zero-order valence-corrected chi connectivity index (χ0v) is 9.10. The van der Waals surface area contributed by atoms with Crippen LogP contribution in [0.4, 0.5) is 0 Å². The third-order valence-corrected chi connectivity index (χ3v) is 2.39. The SMILES string of the molecule is COC(=O)[C@H]([NH3+])c1ccc(Cl)cc1Cl. The minimum atomic E-state index is -0.621. The van der Waals surface area contributed by atoms with Gasteiger partial charge >= 0.3 is 5.97 Å². The number of benzene rings is 1. The molecule has 0 saturated heterocycles. The summed E-state index contributed by atoms with van der Waals surface area (Å²) in [6, 6.07) is 4.27. The lowest BCUT2D eigenvalue weighted by molar-refractivity contribution is -0.414. The maximum absolute atomic E-state index is 11.2. The summed E-state index contributed by atoms with van der Waals surface area (Å²) >= 11 is 11.6. The molecule has 1 aromatic carbocycles. The number of methoxy groups -OCH3 is 1. The Morgan fingerprint density at radius 1 is 1.50 bits per heavy atom. The first-order chi connectivity index (χ1) is 6.56. The van der Waals surface area contributed by atoms with E-state index >= 15 is 0 Å². The van der Waals surface area contributed by atoms with Crippen LogP contribution in [0.3, 0.4) is 0 Å². The summed E-state index contributed by atoms with van der Waals surface area (Å²) in [4.78, 5) is 11.2. The van der Waals surface area contributed by atoms with Gasteiger partial charge in [0, 0.05) is 10.6 Å². The maximum Gasteiger partial charge on any atom is 0.369 e. The van der Waals surface area contributed by atoms with E-state index in [4.69, 9.17) is 23.2 Å².